The van der Waals surface area contributed by atoms with Crippen LogP contribution in [0.4, 0.5) is 13.2 Å². The van der Waals surface area contributed by atoms with Crippen LogP contribution in [0.25, 0.3) is 0 Å². The van der Waals surface area contributed by atoms with Gasteiger partial charge in [-0.05, 0) is 19.4 Å². The molecule has 5 heteroatoms. The summed E-state index contributed by atoms with van der Waals surface area (Å²) in [4.78, 5) is 1.29. The quantitative estimate of drug-likeness (QED) is 0.735. The largest absolute Gasteiger partial charge is 0.401 e. The Morgan fingerprint density at radius 1 is 1.25 bits per heavy atom. The van der Waals surface area contributed by atoms with Gasteiger partial charge in [0.15, 0.2) is 0 Å². The van der Waals surface area contributed by atoms with Crippen molar-refractivity contribution in [3.8, 4) is 0 Å². The molecule has 0 fully saturated rings. The van der Waals surface area contributed by atoms with Crippen molar-refractivity contribution in [3.05, 3.63) is 0 Å². The van der Waals surface area contributed by atoms with E-state index < -0.39 is 12.7 Å². The monoisotopic (exact) mass is 240 g/mol. The molecule has 98 valence electrons. The van der Waals surface area contributed by atoms with Gasteiger partial charge in [0.05, 0.1) is 6.54 Å². The predicted octanol–water partition coefficient (Wildman–Crippen LogP) is 2.50. The van der Waals surface area contributed by atoms with Crippen LogP contribution in [0.15, 0.2) is 0 Å². The molecular formula is C11H23F3N2. The number of nitrogens with zero attached hydrogens (tertiary/aromatic N) is 1. The van der Waals surface area contributed by atoms with Gasteiger partial charge in [0, 0.05) is 19.1 Å². The van der Waals surface area contributed by atoms with Crippen molar-refractivity contribution in [1.82, 2.24) is 10.2 Å². The zero-order valence-corrected chi connectivity index (χ0v) is 10.6. The Balaban J connectivity index is 3.72. The molecule has 0 bridgehead atoms. The van der Waals surface area contributed by atoms with E-state index in [0.29, 0.717) is 25.0 Å². The van der Waals surface area contributed by atoms with Gasteiger partial charge in [0.2, 0.25) is 0 Å². The van der Waals surface area contributed by atoms with E-state index in [1.807, 2.05) is 0 Å². The van der Waals surface area contributed by atoms with E-state index in [-0.39, 0.29) is 0 Å². The van der Waals surface area contributed by atoms with Crippen LogP contribution in [-0.2, 0) is 0 Å². The van der Waals surface area contributed by atoms with Gasteiger partial charge in [-0.2, -0.15) is 13.2 Å². The lowest BCUT2D eigenvalue weighted by Gasteiger charge is -2.23. The molecule has 0 amide bonds. The van der Waals surface area contributed by atoms with Crippen LogP contribution < -0.4 is 5.32 Å². The lowest BCUT2D eigenvalue weighted by atomic mass is 10.0. The smallest absolute Gasteiger partial charge is 0.312 e. The van der Waals surface area contributed by atoms with Crippen LogP contribution in [-0.4, -0.2) is 43.8 Å². The predicted molar refractivity (Wildman–Crippen MR) is 60.5 cm³/mol. The zero-order valence-electron chi connectivity index (χ0n) is 10.6. The number of nitrogens with one attached hydrogen (secondary N) is 1. The average molecular weight is 240 g/mol. The van der Waals surface area contributed by atoms with Gasteiger partial charge in [0.25, 0.3) is 0 Å². The third-order valence-electron chi connectivity index (χ3n) is 2.59. The van der Waals surface area contributed by atoms with Gasteiger partial charge in [-0.3, -0.25) is 4.90 Å². The highest BCUT2D eigenvalue weighted by atomic mass is 19.4. The summed E-state index contributed by atoms with van der Waals surface area (Å²) in [6.07, 6.45) is -3.10. The lowest BCUT2D eigenvalue weighted by molar-refractivity contribution is -0.142. The van der Waals surface area contributed by atoms with Crippen molar-refractivity contribution >= 4 is 0 Å². The first-order valence-corrected chi connectivity index (χ1v) is 5.75. The molecular weight excluding hydrogens is 217 g/mol. The third-order valence-corrected chi connectivity index (χ3v) is 2.59. The number of alkyl halides is 3. The number of hydrogen-bond donors (Lipinski definition) is 1. The van der Waals surface area contributed by atoms with Gasteiger partial charge >= 0.3 is 6.18 Å². The fraction of sp³-hybridized carbons (Fsp3) is 1.00. The number of hydrogen-bond acceptors (Lipinski definition) is 2. The summed E-state index contributed by atoms with van der Waals surface area (Å²) < 4.78 is 36.1. The molecule has 1 unspecified atom stereocenters. The first-order chi connectivity index (χ1) is 7.26. The Labute approximate surface area is 96.2 Å². The molecule has 0 saturated heterocycles. The van der Waals surface area contributed by atoms with Crippen molar-refractivity contribution in [2.45, 2.75) is 39.4 Å². The fourth-order valence-electron chi connectivity index (χ4n) is 1.68. The minimum absolute atomic E-state index is 0.388. The van der Waals surface area contributed by atoms with Gasteiger partial charge in [-0.15, -0.1) is 0 Å². The van der Waals surface area contributed by atoms with Crippen molar-refractivity contribution in [2.75, 3.05) is 26.7 Å². The molecule has 0 radical (unpaired) electrons. The topological polar surface area (TPSA) is 15.3 Å². The second kappa shape index (κ2) is 7.12. The van der Waals surface area contributed by atoms with Crippen molar-refractivity contribution < 1.29 is 13.2 Å². The van der Waals surface area contributed by atoms with Gasteiger partial charge in [0.1, 0.15) is 0 Å². The molecule has 0 aliphatic rings. The summed E-state index contributed by atoms with van der Waals surface area (Å²) in [7, 11) is 1.49. The van der Waals surface area contributed by atoms with Crippen LogP contribution in [0, 0.1) is 5.92 Å². The summed E-state index contributed by atoms with van der Waals surface area (Å²) >= 11 is 0. The maximum absolute atomic E-state index is 12.0. The van der Waals surface area contributed by atoms with E-state index in [2.05, 4.69) is 26.1 Å². The average Bonchev–Trinajstić information content (AvgIpc) is 2.08. The van der Waals surface area contributed by atoms with E-state index in [1.165, 1.54) is 11.9 Å². The molecule has 0 heterocycles. The molecule has 0 aromatic carbocycles. The Kier molecular flexibility index (Phi) is 6.99. The van der Waals surface area contributed by atoms with Gasteiger partial charge in [-0.25, -0.2) is 0 Å². The van der Waals surface area contributed by atoms with Crippen LogP contribution in [0.1, 0.15) is 27.2 Å². The van der Waals surface area contributed by atoms with Crippen molar-refractivity contribution in [3.63, 3.8) is 0 Å². The summed E-state index contributed by atoms with van der Waals surface area (Å²) in [5, 5.41) is 3.28. The SMILES string of the molecule is CCC(NCCN(C)CC(F)(F)F)C(C)C. The molecule has 0 aromatic rings. The molecule has 16 heavy (non-hydrogen) atoms. The summed E-state index contributed by atoms with van der Waals surface area (Å²) in [6, 6.07) is 0.388. The van der Waals surface area contributed by atoms with Crippen LogP contribution >= 0.6 is 0 Å². The maximum atomic E-state index is 12.0. The second-order valence-corrected chi connectivity index (χ2v) is 4.57. The molecule has 2 nitrogen and oxygen atoms in total. The summed E-state index contributed by atoms with van der Waals surface area (Å²) in [5.74, 6) is 0.512. The standard InChI is InChI=1S/C11H23F3N2/c1-5-10(9(2)3)15-6-7-16(4)8-11(12,13)14/h9-10,15H,5-8H2,1-4H3. The molecule has 0 saturated carbocycles. The molecule has 0 aliphatic heterocycles. The minimum Gasteiger partial charge on any atom is -0.312 e. The van der Waals surface area contributed by atoms with E-state index >= 15 is 0 Å². The minimum atomic E-state index is -4.10. The van der Waals surface area contributed by atoms with E-state index in [1.54, 1.807) is 0 Å². The van der Waals surface area contributed by atoms with Gasteiger partial charge < -0.3 is 5.32 Å². The number of likely N-dealkylation sites (N-methyl/N-ethyl adjacent to an activating group) is 1. The highest BCUT2D eigenvalue weighted by Crippen LogP contribution is 2.15. The summed E-state index contributed by atoms with van der Waals surface area (Å²) in [6.45, 7) is 6.48. The zero-order chi connectivity index (χ0) is 12.8. The summed E-state index contributed by atoms with van der Waals surface area (Å²) in [5.41, 5.74) is 0. The first-order valence-electron chi connectivity index (χ1n) is 5.75. The molecule has 0 spiro atoms. The Morgan fingerprint density at radius 3 is 2.19 bits per heavy atom. The fourth-order valence-corrected chi connectivity index (χ4v) is 1.68. The molecule has 1 atom stereocenters. The van der Waals surface area contributed by atoms with E-state index in [4.69, 9.17) is 0 Å². The van der Waals surface area contributed by atoms with Crippen LogP contribution in [0.5, 0.6) is 0 Å². The van der Waals surface area contributed by atoms with Crippen molar-refractivity contribution in [1.29, 1.82) is 0 Å². The molecule has 0 rings (SSSR count). The second-order valence-electron chi connectivity index (χ2n) is 4.57. The third kappa shape index (κ3) is 7.93. The van der Waals surface area contributed by atoms with Crippen molar-refractivity contribution in [2.24, 2.45) is 5.92 Å². The van der Waals surface area contributed by atoms with E-state index in [0.717, 1.165) is 6.42 Å². The van der Waals surface area contributed by atoms with E-state index in [9.17, 15) is 13.2 Å². The number of halogens is 3. The van der Waals surface area contributed by atoms with Crippen LogP contribution in [0.2, 0.25) is 0 Å². The highest BCUT2D eigenvalue weighted by Gasteiger charge is 2.28. The molecule has 0 aliphatic carbocycles. The Bertz CT molecular complexity index is 181. The van der Waals surface area contributed by atoms with Gasteiger partial charge in [-0.1, -0.05) is 20.8 Å². The first kappa shape index (κ1) is 15.7. The highest BCUT2D eigenvalue weighted by molar-refractivity contribution is 4.69. The molecule has 1 N–H and O–H groups in total. The number of rotatable bonds is 7. The Hall–Kier alpha value is -0.290. The molecule has 0 aromatic heterocycles. The maximum Gasteiger partial charge on any atom is 0.401 e. The Morgan fingerprint density at radius 2 is 1.81 bits per heavy atom. The lowest BCUT2D eigenvalue weighted by Crippen LogP contribution is -2.40. The normalized spacial score (nSPS) is 14.8. The van der Waals surface area contributed by atoms with Crippen LogP contribution in [0.3, 0.4) is 0 Å².